The van der Waals surface area contributed by atoms with E-state index in [1.165, 1.54) is 18.2 Å². The van der Waals surface area contributed by atoms with Gasteiger partial charge in [0.25, 0.3) is 15.9 Å². The molecule has 0 saturated heterocycles. The van der Waals surface area contributed by atoms with Crippen LogP contribution >= 0.6 is 11.6 Å². The molecule has 140 valence electrons. The summed E-state index contributed by atoms with van der Waals surface area (Å²) < 4.78 is 28.2. The number of carbonyl (C=O) groups excluding carboxylic acids is 1. The maximum Gasteiger partial charge on any atom is 0.263 e. The number of anilines is 1. The second-order valence-electron chi connectivity index (χ2n) is 7.27. The number of amides is 1. The summed E-state index contributed by atoms with van der Waals surface area (Å²) in [4.78, 5) is 12.2. The Morgan fingerprint density at radius 2 is 1.69 bits per heavy atom. The van der Waals surface area contributed by atoms with Crippen molar-refractivity contribution in [1.82, 2.24) is 5.32 Å². The van der Waals surface area contributed by atoms with E-state index in [0.29, 0.717) is 5.69 Å². The summed E-state index contributed by atoms with van der Waals surface area (Å²) in [7, 11) is -3.94. The predicted molar refractivity (Wildman–Crippen MR) is 105 cm³/mol. The number of carbonyl (C=O) groups is 1. The zero-order valence-corrected chi connectivity index (χ0v) is 17.0. The third kappa shape index (κ3) is 4.99. The van der Waals surface area contributed by atoms with Gasteiger partial charge >= 0.3 is 0 Å². The molecule has 0 aromatic heterocycles. The van der Waals surface area contributed by atoms with Gasteiger partial charge in [-0.25, -0.2) is 8.42 Å². The monoisotopic (exact) mass is 394 g/mol. The van der Waals surface area contributed by atoms with Crippen LogP contribution in [0.1, 0.15) is 42.3 Å². The third-order valence-corrected chi connectivity index (χ3v) is 5.46. The number of hydrogen-bond acceptors (Lipinski definition) is 3. The van der Waals surface area contributed by atoms with Crippen molar-refractivity contribution in [3.8, 4) is 0 Å². The van der Waals surface area contributed by atoms with Crippen LogP contribution in [-0.2, 0) is 10.0 Å². The van der Waals surface area contributed by atoms with Crippen molar-refractivity contribution in [2.75, 3.05) is 4.72 Å². The van der Waals surface area contributed by atoms with E-state index in [9.17, 15) is 13.2 Å². The number of benzene rings is 2. The van der Waals surface area contributed by atoms with Gasteiger partial charge in [-0.2, -0.15) is 0 Å². The Labute approximate surface area is 159 Å². The normalized spacial score (nSPS) is 11.9. The first-order valence-corrected chi connectivity index (χ1v) is 9.97. The van der Waals surface area contributed by atoms with Crippen LogP contribution in [0, 0.1) is 13.8 Å². The van der Waals surface area contributed by atoms with Crippen LogP contribution in [0.15, 0.2) is 41.3 Å². The number of hydrogen-bond donors (Lipinski definition) is 2. The number of sulfonamides is 1. The van der Waals surface area contributed by atoms with Gasteiger partial charge in [0.2, 0.25) is 0 Å². The largest absolute Gasteiger partial charge is 0.347 e. The quantitative estimate of drug-likeness (QED) is 0.812. The van der Waals surface area contributed by atoms with Gasteiger partial charge in [-0.3, -0.25) is 9.52 Å². The minimum absolute atomic E-state index is 0.0510. The molecule has 2 aromatic rings. The fourth-order valence-electron chi connectivity index (χ4n) is 2.31. The van der Waals surface area contributed by atoms with Gasteiger partial charge in [0.05, 0.1) is 10.7 Å². The average molecular weight is 395 g/mol. The molecule has 0 bridgehead atoms. The summed E-state index contributed by atoms with van der Waals surface area (Å²) in [5.41, 5.74) is 1.98. The predicted octanol–water partition coefficient (Wildman–Crippen LogP) is 4.29. The molecule has 5 nitrogen and oxygen atoms in total. The molecule has 0 saturated carbocycles. The highest BCUT2D eigenvalue weighted by Gasteiger charge is 2.22. The molecule has 0 radical (unpaired) electrons. The van der Waals surface area contributed by atoms with Crippen molar-refractivity contribution in [2.45, 2.75) is 45.1 Å². The van der Waals surface area contributed by atoms with E-state index in [2.05, 4.69) is 10.0 Å². The van der Waals surface area contributed by atoms with E-state index < -0.39 is 15.6 Å². The van der Waals surface area contributed by atoms with E-state index in [-0.39, 0.29) is 21.4 Å². The molecular weight excluding hydrogens is 372 g/mol. The van der Waals surface area contributed by atoms with Crippen molar-refractivity contribution in [3.63, 3.8) is 0 Å². The third-order valence-electron chi connectivity index (χ3n) is 3.61. The molecule has 0 atom stereocenters. The number of halogens is 1. The molecule has 2 rings (SSSR count). The Kier molecular flexibility index (Phi) is 5.68. The highest BCUT2D eigenvalue weighted by Crippen LogP contribution is 2.27. The lowest BCUT2D eigenvalue weighted by atomic mass is 10.1. The zero-order valence-electron chi connectivity index (χ0n) is 15.5. The fourth-order valence-corrected chi connectivity index (χ4v) is 3.96. The average Bonchev–Trinajstić information content (AvgIpc) is 2.49. The summed E-state index contributed by atoms with van der Waals surface area (Å²) in [5.74, 6) is -0.364. The molecule has 0 aliphatic heterocycles. The molecule has 0 aliphatic rings. The number of aryl methyl sites for hydroxylation is 2. The van der Waals surface area contributed by atoms with Crippen LogP contribution in [-0.4, -0.2) is 19.9 Å². The van der Waals surface area contributed by atoms with Gasteiger partial charge < -0.3 is 5.32 Å². The SMILES string of the molecule is Cc1ccc(C)c(NS(=O)(=O)c2cc(C(=O)NC(C)(C)C)ccc2Cl)c1. The van der Waals surface area contributed by atoms with Crippen LogP contribution in [0.25, 0.3) is 0 Å². The van der Waals surface area contributed by atoms with Gasteiger partial charge in [0.1, 0.15) is 4.90 Å². The molecule has 0 spiro atoms. The van der Waals surface area contributed by atoms with E-state index in [0.717, 1.165) is 11.1 Å². The van der Waals surface area contributed by atoms with Crippen molar-refractivity contribution < 1.29 is 13.2 Å². The second-order valence-corrected chi connectivity index (χ2v) is 9.33. The molecule has 26 heavy (non-hydrogen) atoms. The van der Waals surface area contributed by atoms with Crippen LogP contribution in [0.2, 0.25) is 5.02 Å². The Morgan fingerprint density at radius 1 is 1.04 bits per heavy atom. The van der Waals surface area contributed by atoms with E-state index in [4.69, 9.17) is 11.6 Å². The lowest BCUT2D eigenvalue weighted by molar-refractivity contribution is 0.0919. The number of nitrogens with one attached hydrogen (secondary N) is 2. The molecule has 2 N–H and O–H groups in total. The molecule has 0 heterocycles. The van der Waals surface area contributed by atoms with E-state index in [1.54, 1.807) is 6.07 Å². The maximum atomic E-state index is 12.8. The molecule has 0 fully saturated rings. The lowest BCUT2D eigenvalue weighted by Crippen LogP contribution is -2.40. The van der Waals surface area contributed by atoms with E-state index >= 15 is 0 Å². The van der Waals surface area contributed by atoms with Crippen LogP contribution in [0.3, 0.4) is 0 Å². The van der Waals surface area contributed by atoms with Crippen molar-refractivity contribution >= 4 is 33.2 Å². The highest BCUT2D eigenvalue weighted by atomic mass is 35.5. The molecular formula is C19H23ClN2O3S. The summed E-state index contributed by atoms with van der Waals surface area (Å²) in [5, 5.41) is 2.85. The van der Waals surface area contributed by atoms with Crippen molar-refractivity contribution in [2.24, 2.45) is 0 Å². The van der Waals surface area contributed by atoms with Crippen LogP contribution in [0.5, 0.6) is 0 Å². The molecule has 0 aliphatic carbocycles. The first-order chi connectivity index (χ1) is 11.9. The van der Waals surface area contributed by atoms with Crippen LogP contribution < -0.4 is 10.0 Å². The second kappa shape index (κ2) is 7.29. The Balaban J connectivity index is 2.41. The fraction of sp³-hybridized carbons (Fsp3) is 0.316. The minimum atomic E-state index is -3.94. The summed E-state index contributed by atoms with van der Waals surface area (Å²) in [6, 6.07) is 9.69. The zero-order chi connectivity index (χ0) is 19.7. The molecule has 1 amide bonds. The maximum absolute atomic E-state index is 12.8. The standard InChI is InChI=1S/C19H23ClN2O3S/c1-12-6-7-13(2)16(10-12)22-26(24,25)17-11-14(8-9-15(17)20)18(23)21-19(3,4)5/h6-11,22H,1-5H3,(H,21,23). The highest BCUT2D eigenvalue weighted by molar-refractivity contribution is 7.92. The molecule has 2 aromatic carbocycles. The summed E-state index contributed by atoms with van der Waals surface area (Å²) in [6.07, 6.45) is 0. The van der Waals surface area contributed by atoms with Crippen molar-refractivity contribution in [3.05, 3.63) is 58.1 Å². The summed E-state index contributed by atoms with van der Waals surface area (Å²) >= 11 is 6.10. The molecule has 0 unspecified atom stereocenters. The van der Waals surface area contributed by atoms with Crippen molar-refractivity contribution in [1.29, 1.82) is 0 Å². The Morgan fingerprint density at radius 3 is 2.31 bits per heavy atom. The van der Waals surface area contributed by atoms with Gasteiger partial charge in [0.15, 0.2) is 0 Å². The molecule has 7 heteroatoms. The summed E-state index contributed by atoms with van der Waals surface area (Å²) in [6.45, 7) is 9.23. The van der Waals surface area contributed by atoms with E-state index in [1.807, 2.05) is 46.8 Å². The van der Waals surface area contributed by atoms with Gasteiger partial charge in [-0.1, -0.05) is 23.7 Å². The lowest BCUT2D eigenvalue weighted by Gasteiger charge is -2.21. The van der Waals surface area contributed by atoms with Crippen LogP contribution in [0.4, 0.5) is 5.69 Å². The number of rotatable bonds is 4. The smallest absolute Gasteiger partial charge is 0.263 e. The van der Waals surface area contributed by atoms with Gasteiger partial charge in [0, 0.05) is 11.1 Å². The van der Waals surface area contributed by atoms with Gasteiger partial charge in [-0.05, 0) is 70.0 Å². The first-order valence-electron chi connectivity index (χ1n) is 8.11. The topological polar surface area (TPSA) is 75.3 Å². The van der Waals surface area contributed by atoms with Gasteiger partial charge in [-0.15, -0.1) is 0 Å². The first kappa shape index (κ1) is 20.3. The Bertz CT molecular complexity index is 948. The minimum Gasteiger partial charge on any atom is -0.347 e. The Hall–Kier alpha value is -2.05.